The van der Waals surface area contributed by atoms with E-state index in [9.17, 15) is 4.89 Å². The number of hydrogen-bond donors (Lipinski definition) is 1. The van der Waals surface area contributed by atoms with Crippen LogP contribution in [-0.2, 0) is 0 Å². The molecule has 0 radical (unpaired) electrons. The lowest BCUT2D eigenvalue weighted by Gasteiger charge is -2.17. The molecular formula is C9H22OP+. The van der Waals surface area contributed by atoms with E-state index >= 15 is 0 Å². The molecule has 0 aliphatic carbocycles. The average molecular weight is 177 g/mol. The van der Waals surface area contributed by atoms with Gasteiger partial charge in [0.2, 0.25) is 0 Å². The lowest BCUT2D eigenvalue weighted by atomic mass is 10.4. The smallest absolute Gasteiger partial charge is 0.141 e. The normalized spacial score (nSPS) is 16.4. The second-order valence-corrected chi connectivity index (χ2v) is 6.93. The lowest BCUT2D eigenvalue weighted by Crippen LogP contribution is -2.04. The van der Waals surface area contributed by atoms with Gasteiger partial charge < -0.3 is 0 Å². The molecule has 0 amide bonds. The Morgan fingerprint density at radius 2 is 1.64 bits per heavy atom. The van der Waals surface area contributed by atoms with Crippen LogP contribution >= 0.6 is 7.49 Å². The summed E-state index contributed by atoms with van der Waals surface area (Å²) in [6.07, 6.45) is 6.74. The van der Waals surface area contributed by atoms with E-state index in [2.05, 4.69) is 20.8 Å². The second kappa shape index (κ2) is 5.97. The van der Waals surface area contributed by atoms with Crippen molar-refractivity contribution in [1.29, 1.82) is 0 Å². The highest BCUT2D eigenvalue weighted by molar-refractivity contribution is 7.70. The van der Waals surface area contributed by atoms with Crippen molar-refractivity contribution in [3.63, 3.8) is 0 Å². The molecule has 0 fully saturated rings. The third-order valence-electron chi connectivity index (χ3n) is 2.16. The lowest BCUT2D eigenvalue weighted by molar-refractivity contribution is 0.590. The van der Waals surface area contributed by atoms with E-state index in [1.54, 1.807) is 0 Å². The van der Waals surface area contributed by atoms with Crippen LogP contribution in [0.2, 0.25) is 0 Å². The summed E-state index contributed by atoms with van der Waals surface area (Å²) < 4.78 is 0. The molecule has 0 saturated carbocycles. The molecule has 0 bridgehead atoms. The van der Waals surface area contributed by atoms with Gasteiger partial charge in [-0.2, -0.15) is 0 Å². The zero-order valence-corrected chi connectivity index (χ0v) is 9.03. The summed E-state index contributed by atoms with van der Waals surface area (Å²) in [5.74, 6) is 0. The summed E-state index contributed by atoms with van der Waals surface area (Å²) in [4.78, 5) is 10.1. The molecule has 0 aliphatic heterocycles. The van der Waals surface area contributed by atoms with E-state index in [4.69, 9.17) is 0 Å². The Bertz CT molecular complexity index is 95.6. The molecule has 2 heteroatoms. The van der Waals surface area contributed by atoms with Crippen LogP contribution in [-0.4, -0.2) is 23.4 Å². The molecule has 0 aromatic heterocycles. The standard InChI is InChI=1S/C9H22OP/c1-4-7-9-11(10,6-3)8-5-2/h10H,4-9H2,1-3H3/q+1. The summed E-state index contributed by atoms with van der Waals surface area (Å²) in [6, 6.07) is 0. The minimum Gasteiger partial charge on any atom is -0.252 e. The van der Waals surface area contributed by atoms with Crippen LogP contribution in [0.15, 0.2) is 0 Å². The molecule has 0 aromatic carbocycles. The Balaban J connectivity index is 3.68. The zero-order chi connectivity index (χ0) is 8.74. The average Bonchev–Trinajstić information content (AvgIpc) is 2.02. The van der Waals surface area contributed by atoms with Crippen molar-refractivity contribution in [1.82, 2.24) is 0 Å². The van der Waals surface area contributed by atoms with E-state index in [0.29, 0.717) is 0 Å². The molecule has 0 aliphatic rings. The maximum atomic E-state index is 10.1. The summed E-state index contributed by atoms with van der Waals surface area (Å²) in [7, 11) is -1.47. The SMILES string of the molecule is CCCC[P+](O)(CC)CCC. The monoisotopic (exact) mass is 177 g/mol. The Kier molecular flexibility index (Phi) is 6.18. The van der Waals surface area contributed by atoms with Gasteiger partial charge in [-0.05, 0) is 19.8 Å². The summed E-state index contributed by atoms with van der Waals surface area (Å²) in [6.45, 7) is 6.47. The fourth-order valence-electron chi connectivity index (χ4n) is 1.30. The topological polar surface area (TPSA) is 20.2 Å². The van der Waals surface area contributed by atoms with Gasteiger partial charge >= 0.3 is 0 Å². The van der Waals surface area contributed by atoms with Crippen LogP contribution in [0.25, 0.3) is 0 Å². The van der Waals surface area contributed by atoms with Crippen LogP contribution in [0.3, 0.4) is 0 Å². The van der Waals surface area contributed by atoms with E-state index in [1.807, 2.05) is 0 Å². The molecule has 1 nitrogen and oxygen atoms in total. The molecule has 0 aromatic rings. The van der Waals surface area contributed by atoms with E-state index in [-0.39, 0.29) is 0 Å². The Morgan fingerprint density at radius 3 is 2.00 bits per heavy atom. The Morgan fingerprint density at radius 1 is 1.00 bits per heavy atom. The summed E-state index contributed by atoms with van der Waals surface area (Å²) in [5, 5.41) is 0. The number of unbranched alkanes of at least 4 members (excludes halogenated alkanes) is 1. The maximum absolute atomic E-state index is 10.1. The maximum Gasteiger partial charge on any atom is 0.141 e. The first kappa shape index (κ1) is 11.4. The van der Waals surface area contributed by atoms with Crippen molar-refractivity contribution in [2.24, 2.45) is 0 Å². The Hall–Kier alpha value is 0.390. The largest absolute Gasteiger partial charge is 0.252 e. The minimum absolute atomic E-state index is 1.01. The van der Waals surface area contributed by atoms with Crippen molar-refractivity contribution in [2.45, 2.75) is 40.0 Å². The molecule has 0 heterocycles. The third kappa shape index (κ3) is 4.76. The van der Waals surface area contributed by atoms with Gasteiger partial charge in [0.1, 0.15) is 7.49 Å². The van der Waals surface area contributed by atoms with Gasteiger partial charge in [0.15, 0.2) is 0 Å². The van der Waals surface area contributed by atoms with E-state index < -0.39 is 7.49 Å². The van der Waals surface area contributed by atoms with Crippen LogP contribution in [0.4, 0.5) is 0 Å². The fourth-order valence-corrected chi connectivity index (χ4v) is 3.89. The van der Waals surface area contributed by atoms with Crippen LogP contribution < -0.4 is 0 Å². The highest BCUT2D eigenvalue weighted by Gasteiger charge is 2.30. The predicted octanol–water partition coefficient (Wildman–Crippen LogP) is 3.14. The molecule has 68 valence electrons. The van der Waals surface area contributed by atoms with E-state index in [1.165, 1.54) is 12.8 Å². The van der Waals surface area contributed by atoms with Crippen LogP contribution in [0, 0.1) is 0 Å². The first-order valence-electron chi connectivity index (χ1n) is 4.77. The predicted molar refractivity (Wildman–Crippen MR) is 54.6 cm³/mol. The van der Waals surface area contributed by atoms with Gasteiger partial charge in [-0.1, -0.05) is 20.3 Å². The second-order valence-electron chi connectivity index (χ2n) is 3.21. The van der Waals surface area contributed by atoms with Gasteiger partial charge in [-0.3, -0.25) is 4.89 Å². The molecule has 1 atom stereocenters. The van der Waals surface area contributed by atoms with Gasteiger partial charge in [-0.15, -0.1) is 0 Å². The fraction of sp³-hybridized carbons (Fsp3) is 1.00. The molecule has 1 N–H and O–H groups in total. The van der Waals surface area contributed by atoms with Gasteiger partial charge in [-0.25, -0.2) is 0 Å². The van der Waals surface area contributed by atoms with Crippen molar-refractivity contribution < 1.29 is 4.89 Å². The number of rotatable bonds is 6. The molecule has 0 spiro atoms. The molecule has 0 rings (SSSR count). The quantitative estimate of drug-likeness (QED) is 0.618. The highest BCUT2D eigenvalue weighted by atomic mass is 31.2. The van der Waals surface area contributed by atoms with Crippen molar-refractivity contribution in [3.05, 3.63) is 0 Å². The summed E-state index contributed by atoms with van der Waals surface area (Å²) >= 11 is 0. The van der Waals surface area contributed by atoms with Crippen molar-refractivity contribution in [2.75, 3.05) is 18.5 Å². The molecule has 1 unspecified atom stereocenters. The van der Waals surface area contributed by atoms with E-state index in [0.717, 1.165) is 24.9 Å². The van der Waals surface area contributed by atoms with Gasteiger partial charge in [0.25, 0.3) is 0 Å². The first-order valence-corrected chi connectivity index (χ1v) is 7.07. The van der Waals surface area contributed by atoms with Gasteiger partial charge in [0, 0.05) is 0 Å². The minimum atomic E-state index is -1.47. The van der Waals surface area contributed by atoms with Crippen LogP contribution in [0.5, 0.6) is 0 Å². The number of hydrogen-bond acceptors (Lipinski definition) is 1. The molecule has 11 heavy (non-hydrogen) atoms. The first-order chi connectivity index (χ1) is 5.18. The molecular weight excluding hydrogens is 155 g/mol. The third-order valence-corrected chi connectivity index (χ3v) is 5.76. The molecule has 0 saturated heterocycles. The Labute approximate surface area is 71.6 Å². The highest BCUT2D eigenvalue weighted by Crippen LogP contribution is 2.55. The zero-order valence-electron chi connectivity index (χ0n) is 8.14. The van der Waals surface area contributed by atoms with Crippen LogP contribution in [0.1, 0.15) is 40.0 Å². The van der Waals surface area contributed by atoms with Crippen molar-refractivity contribution in [3.8, 4) is 0 Å². The van der Waals surface area contributed by atoms with Crippen molar-refractivity contribution >= 4 is 7.49 Å². The van der Waals surface area contributed by atoms with Gasteiger partial charge in [0.05, 0.1) is 18.5 Å². The summed E-state index contributed by atoms with van der Waals surface area (Å²) in [5.41, 5.74) is 0.